The van der Waals surface area contributed by atoms with Gasteiger partial charge in [-0.3, -0.25) is 4.79 Å². The Bertz CT molecular complexity index is 717. The Balaban J connectivity index is 1.76. The molecule has 0 unspecified atom stereocenters. The molecule has 0 bridgehead atoms. The number of benzene rings is 1. The molecule has 0 spiro atoms. The molecule has 0 atom stereocenters. The maximum atomic E-state index is 13.5. The number of unbranched alkanes of at least 4 members (excludes halogenated alkanes) is 1. The molecule has 0 N–H and O–H groups in total. The van der Waals surface area contributed by atoms with Gasteiger partial charge in [0.15, 0.2) is 0 Å². The molecular formula is C26H36N2O2. The van der Waals surface area contributed by atoms with Crippen molar-refractivity contribution in [2.75, 3.05) is 6.61 Å². The zero-order valence-electron chi connectivity index (χ0n) is 18.4. The van der Waals surface area contributed by atoms with Gasteiger partial charge in [0.1, 0.15) is 17.4 Å². The normalized spacial score (nSPS) is 18.6. The fraction of sp³-hybridized carbons (Fsp3) is 0.615. The van der Waals surface area contributed by atoms with Gasteiger partial charge in [-0.1, -0.05) is 64.0 Å². The Morgan fingerprint density at radius 2 is 1.60 bits per heavy atom. The van der Waals surface area contributed by atoms with Crippen LogP contribution in [0.5, 0.6) is 5.75 Å². The van der Waals surface area contributed by atoms with E-state index in [1.54, 1.807) is 6.08 Å². The number of hydrogen-bond acceptors (Lipinski definition) is 3. The summed E-state index contributed by atoms with van der Waals surface area (Å²) in [5, 5.41) is 9.81. The van der Waals surface area contributed by atoms with Crippen molar-refractivity contribution in [3.05, 3.63) is 35.4 Å². The highest BCUT2D eigenvalue weighted by molar-refractivity contribution is 6.02. The summed E-state index contributed by atoms with van der Waals surface area (Å²) in [4.78, 5) is 15.6. The van der Waals surface area contributed by atoms with Crippen molar-refractivity contribution in [2.45, 2.75) is 96.1 Å². The summed E-state index contributed by atoms with van der Waals surface area (Å²) in [6, 6.07) is 10.5. The maximum Gasteiger partial charge on any atom is 0.265 e. The highest BCUT2D eigenvalue weighted by Crippen LogP contribution is 2.31. The van der Waals surface area contributed by atoms with E-state index >= 15 is 0 Å². The van der Waals surface area contributed by atoms with Gasteiger partial charge in [0, 0.05) is 12.1 Å². The standard InChI is InChI=1S/C26H36N2O2/c1-2-3-18-30-25-16-14-21(15-17-25)19-22(20-27)26(29)28(23-10-6-4-7-11-23)24-12-8-5-9-13-24/h14-17,19,23-24H,2-13,18H2,1H3/b22-19+. The average molecular weight is 409 g/mol. The van der Waals surface area contributed by atoms with Crippen molar-refractivity contribution in [3.63, 3.8) is 0 Å². The maximum absolute atomic E-state index is 13.5. The third-order valence-corrected chi connectivity index (χ3v) is 6.48. The minimum absolute atomic E-state index is 0.0698. The molecule has 0 saturated heterocycles. The van der Waals surface area contributed by atoms with Crippen molar-refractivity contribution in [3.8, 4) is 11.8 Å². The van der Waals surface area contributed by atoms with E-state index in [1.807, 2.05) is 24.3 Å². The third-order valence-electron chi connectivity index (χ3n) is 6.48. The summed E-state index contributed by atoms with van der Waals surface area (Å²) < 4.78 is 5.72. The van der Waals surface area contributed by atoms with Gasteiger partial charge in [0.2, 0.25) is 0 Å². The molecule has 2 saturated carbocycles. The Kier molecular flexibility index (Phi) is 8.81. The lowest BCUT2D eigenvalue weighted by atomic mass is 9.88. The number of rotatable bonds is 8. The highest BCUT2D eigenvalue weighted by Gasteiger charge is 2.33. The molecule has 1 aromatic carbocycles. The molecule has 0 radical (unpaired) electrons. The van der Waals surface area contributed by atoms with E-state index in [2.05, 4.69) is 17.9 Å². The molecule has 4 nitrogen and oxygen atoms in total. The van der Waals surface area contributed by atoms with Crippen LogP contribution in [0.2, 0.25) is 0 Å². The molecule has 0 heterocycles. The van der Waals surface area contributed by atoms with E-state index in [0.717, 1.165) is 49.8 Å². The van der Waals surface area contributed by atoms with Crippen LogP contribution in [0.25, 0.3) is 6.08 Å². The number of nitriles is 1. The first kappa shape index (κ1) is 22.4. The van der Waals surface area contributed by atoms with Gasteiger partial charge < -0.3 is 9.64 Å². The third kappa shape index (κ3) is 6.11. The fourth-order valence-corrected chi connectivity index (χ4v) is 4.79. The minimum Gasteiger partial charge on any atom is -0.494 e. The summed E-state index contributed by atoms with van der Waals surface area (Å²) in [5.41, 5.74) is 1.13. The first-order chi connectivity index (χ1) is 14.7. The zero-order chi connectivity index (χ0) is 21.2. The van der Waals surface area contributed by atoms with Crippen LogP contribution in [0, 0.1) is 11.3 Å². The fourth-order valence-electron chi connectivity index (χ4n) is 4.79. The molecule has 2 aliphatic carbocycles. The monoisotopic (exact) mass is 408 g/mol. The van der Waals surface area contributed by atoms with Crippen LogP contribution in [-0.4, -0.2) is 29.5 Å². The van der Waals surface area contributed by atoms with Crippen molar-refractivity contribution in [1.29, 1.82) is 5.26 Å². The molecule has 2 fully saturated rings. The van der Waals surface area contributed by atoms with Crippen LogP contribution in [0.4, 0.5) is 0 Å². The minimum atomic E-state index is -0.0698. The quantitative estimate of drug-likeness (QED) is 0.289. The van der Waals surface area contributed by atoms with E-state index in [1.165, 1.54) is 38.5 Å². The molecule has 0 aromatic heterocycles. The second kappa shape index (κ2) is 11.8. The van der Waals surface area contributed by atoms with Crippen LogP contribution < -0.4 is 4.74 Å². The van der Waals surface area contributed by atoms with Gasteiger partial charge in [0.25, 0.3) is 5.91 Å². The molecule has 2 aliphatic rings. The molecule has 3 rings (SSSR count). The van der Waals surface area contributed by atoms with Crippen molar-refractivity contribution in [2.24, 2.45) is 0 Å². The number of hydrogen-bond donors (Lipinski definition) is 0. The van der Waals surface area contributed by atoms with Gasteiger partial charge in [-0.25, -0.2) is 0 Å². The first-order valence-electron chi connectivity index (χ1n) is 11.9. The van der Waals surface area contributed by atoms with E-state index in [4.69, 9.17) is 4.74 Å². The molecular weight excluding hydrogens is 372 g/mol. The lowest BCUT2D eigenvalue weighted by Gasteiger charge is -2.41. The predicted octanol–water partition coefficient (Wildman–Crippen LogP) is 6.27. The summed E-state index contributed by atoms with van der Waals surface area (Å²) in [7, 11) is 0. The van der Waals surface area contributed by atoms with E-state index in [-0.39, 0.29) is 11.5 Å². The Hall–Kier alpha value is -2.28. The molecule has 0 aliphatic heterocycles. The SMILES string of the molecule is CCCCOc1ccc(/C=C(\C#N)C(=O)N(C2CCCCC2)C2CCCCC2)cc1. The van der Waals surface area contributed by atoms with Crippen LogP contribution in [-0.2, 0) is 4.79 Å². The van der Waals surface area contributed by atoms with Crippen molar-refractivity contribution >= 4 is 12.0 Å². The van der Waals surface area contributed by atoms with E-state index in [0.29, 0.717) is 18.7 Å². The Morgan fingerprint density at radius 1 is 1.03 bits per heavy atom. The smallest absolute Gasteiger partial charge is 0.265 e. The second-order valence-electron chi connectivity index (χ2n) is 8.74. The largest absolute Gasteiger partial charge is 0.494 e. The number of amides is 1. The molecule has 1 aromatic rings. The Labute approximate surface area is 181 Å². The molecule has 1 amide bonds. The van der Waals surface area contributed by atoms with Crippen LogP contribution >= 0.6 is 0 Å². The average Bonchev–Trinajstić information content (AvgIpc) is 2.80. The van der Waals surface area contributed by atoms with Crippen molar-refractivity contribution in [1.82, 2.24) is 4.90 Å². The topological polar surface area (TPSA) is 53.3 Å². The molecule has 30 heavy (non-hydrogen) atoms. The zero-order valence-corrected chi connectivity index (χ0v) is 18.4. The van der Waals surface area contributed by atoms with E-state index in [9.17, 15) is 10.1 Å². The lowest BCUT2D eigenvalue weighted by Crippen LogP contribution is -2.49. The van der Waals surface area contributed by atoms with Gasteiger partial charge in [-0.15, -0.1) is 0 Å². The molecule has 4 heteroatoms. The van der Waals surface area contributed by atoms with E-state index < -0.39 is 0 Å². The van der Waals surface area contributed by atoms with Gasteiger partial charge in [0.05, 0.1) is 6.61 Å². The van der Waals surface area contributed by atoms with Gasteiger partial charge in [-0.05, 0) is 55.9 Å². The summed E-state index contributed by atoms with van der Waals surface area (Å²) in [5.74, 6) is 0.760. The van der Waals surface area contributed by atoms with Crippen molar-refractivity contribution < 1.29 is 9.53 Å². The molecule has 162 valence electrons. The van der Waals surface area contributed by atoms with Gasteiger partial charge in [-0.2, -0.15) is 5.26 Å². The number of nitrogens with zero attached hydrogens (tertiary/aromatic N) is 2. The Morgan fingerprint density at radius 3 is 2.10 bits per heavy atom. The van der Waals surface area contributed by atoms with Crippen LogP contribution in [0.15, 0.2) is 29.8 Å². The summed E-state index contributed by atoms with van der Waals surface area (Å²) >= 11 is 0. The van der Waals surface area contributed by atoms with Gasteiger partial charge >= 0.3 is 0 Å². The summed E-state index contributed by atoms with van der Waals surface area (Å²) in [6.07, 6.45) is 15.5. The summed E-state index contributed by atoms with van der Waals surface area (Å²) in [6.45, 7) is 2.85. The van der Waals surface area contributed by atoms with Crippen LogP contribution in [0.1, 0.15) is 89.5 Å². The predicted molar refractivity (Wildman–Crippen MR) is 121 cm³/mol. The number of carbonyl (C=O) groups excluding carboxylic acids is 1. The second-order valence-corrected chi connectivity index (χ2v) is 8.74. The highest BCUT2D eigenvalue weighted by atomic mass is 16.5. The van der Waals surface area contributed by atoms with Crippen LogP contribution in [0.3, 0.4) is 0 Å². The first-order valence-corrected chi connectivity index (χ1v) is 11.9. The lowest BCUT2D eigenvalue weighted by molar-refractivity contribution is -0.133. The number of carbonyl (C=O) groups is 1. The number of ether oxygens (including phenoxy) is 1.